The molecule has 1 atom stereocenters. The zero-order valence-electron chi connectivity index (χ0n) is 20.2. The van der Waals surface area contributed by atoms with Gasteiger partial charge in [-0.3, -0.25) is 4.79 Å². The maximum atomic E-state index is 12.7. The molecule has 0 saturated carbocycles. The van der Waals surface area contributed by atoms with Crippen LogP contribution in [0.25, 0.3) is 6.08 Å². The van der Waals surface area contributed by atoms with Gasteiger partial charge in [-0.2, -0.15) is 0 Å². The van der Waals surface area contributed by atoms with Gasteiger partial charge in [0.25, 0.3) is 0 Å². The fourth-order valence-corrected chi connectivity index (χ4v) is 5.55. The van der Waals surface area contributed by atoms with E-state index in [1.54, 1.807) is 32.4 Å². The quantitative estimate of drug-likeness (QED) is 0.392. The van der Waals surface area contributed by atoms with Crippen LogP contribution in [0.1, 0.15) is 60.0 Å². The molecule has 2 aromatic rings. The maximum absolute atomic E-state index is 12.7. The molecule has 1 unspecified atom stereocenters. The lowest BCUT2D eigenvalue weighted by atomic mass is 9.69. The number of benzene rings is 1. The number of carbonyl (C=O) groups is 2. The van der Waals surface area contributed by atoms with E-state index in [-0.39, 0.29) is 11.3 Å². The summed E-state index contributed by atoms with van der Waals surface area (Å²) in [5.41, 5.74) is 2.55. The van der Waals surface area contributed by atoms with E-state index in [4.69, 9.17) is 14.2 Å². The molecule has 7 heteroatoms. The summed E-state index contributed by atoms with van der Waals surface area (Å²) in [6.07, 6.45) is 7.02. The number of esters is 1. The lowest BCUT2D eigenvalue weighted by Gasteiger charge is -2.36. The largest absolute Gasteiger partial charge is 0.493 e. The average Bonchev–Trinajstić information content (AvgIpc) is 3.18. The number of nitrogens with one attached hydrogen (secondary N) is 1. The molecule has 1 aliphatic rings. The molecule has 0 bridgehead atoms. The van der Waals surface area contributed by atoms with Crippen LogP contribution >= 0.6 is 11.3 Å². The molecule has 6 nitrogen and oxygen atoms in total. The predicted molar refractivity (Wildman–Crippen MR) is 132 cm³/mol. The van der Waals surface area contributed by atoms with Crippen LogP contribution in [-0.4, -0.2) is 33.2 Å². The molecule has 0 fully saturated rings. The minimum atomic E-state index is -0.403. The fraction of sp³-hybridized carbons (Fsp3) is 0.462. The fourth-order valence-electron chi connectivity index (χ4n) is 4.23. The second-order valence-electron chi connectivity index (χ2n) is 8.92. The number of hydrogen-bond donors (Lipinski definition) is 1. The summed E-state index contributed by atoms with van der Waals surface area (Å²) >= 11 is 1.49. The monoisotopic (exact) mass is 471 g/mol. The number of thiophene rings is 1. The molecule has 1 heterocycles. The third-order valence-electron chi connectivity index (χ3n) is 6.74. The second kappa shape index (κ2) is 10.4. The number of methoxy groups -OCH3 is 3. The predicted octanol–water partition coefficient (Wildman–Crippen LogP) is 5.74. The van der Waals surface area contributed by atoms with Gasteiger partial charge in [-0.25, -0.2) is 4.79 Å². The third kappa shape index (κ3) is 5.41. The molecule has 1 aromatic carbocycles. The molecule has 0 aliphatic heterocycles. The lowest BCUT2D eigenvalue weighted by Crippen LogP contribution is -2.28. The van der Waals surface area contributed by atoms with Crippen LogP contribution in [0.15, 0.2) is 24.3 Å². The van der Waals surface area contributed by atoms with Gasteiger partial charge in [-0.1, -0.05) is 33.3 Å². The van der Waals surface area contributed by atoms with Gasteiger partial charge in [-0.05, 0) is 59.9 Å². The Morgan fingerprint density at radius 3 is 2.55 bits per heavy atom. The van der Waals surface area contributed by atoms with Crippen molar-refractivity contribution in [2.24, 2.45) is 11.3 Å². The molecular formula is C26H33NO5S. The Balaban J connectivity index is 1.82. The van der Waals surface area contributed by atoms with Crippen molar-refractivity contribution in [3.8, 4) is 11.5 Å². The first-order valence-corrected chi connectivity index (χ1v) is 12.0. The van der Waals surface area contributed by atoms with Gasteiger partial charge in [0.2, 0.25) is 5.91 Å². The number of hydrogen-bond acceptors (Lipinski definition) is 6. The highest BCUT2D eigenvalue weighted by Crippen LogP contribution is 2.45. The van der Waals surface area contributed by atoms with Crippen molar-refractivity contribution in [3.63, 3.8) is 0 Å². The summed E-state index contributed by atoms with van der Waals surface area (Å²) in [5, 5.41) is 3.47. The van der Waals surface area contributed by atoms with E-state index in [1.807, 2.05) is 6.07 Å². The number of anilines is 1. The van der Waals surface area contributed by atoms with Crippen LogP contribution < -0.4 is 14.8 Å². The highest BCUT2D eigenvalue weighted by atomic mass is 32.1. The van der Waals surface area contributed by atoms with Crippen LogP contribution in [0, 0.1) is 11.3 Å². The summed E-state index contributed by atoms with van der Waals surface area (Å²) in [5.74, 6) is 1.05. The van der Waals surface area contributed by atoms with Crippen molar-refractivity contribution in [2.75, 3.05) is 26.6 Å². The van der Waals surface area contributed by atoms with Crippen molar-refractivity contribution in [1.29, 1.82) is 0 Å². The van der Waals surface area contributed by atoms with E-state index >= 15 is 0 Å². The van der Waals surface area contributed by atoms with Crippen molar-refractivity contribution in [2.45, 2.75) is 46.5 Å². The summed E-state index contributed by atoms with van der Waals surface area (Å²) in [4.78, 5) is 26.5. The Morgan fingerprint density at radius 2 is 1.91 bits per heavy atom. The van der Waals surface area contributed by atoms with Crippen LogP contribution in [0.2, 0.25) is 0 Å². The van der Waals surface area contributed by atoms with Gasteiger partial charge in [-0.15, -0.1) is 11.3 Å². The van der Waals surface area contributed by atoms with E-state index in [0.29, 0.717) is 28.0 Å². The number of fused-ring (bicyclic) bond motifs is 1. The minimum absolute atomic E-state index is 0.235. The number of carbonyl (C=O) groups excluding carboxylic acids is 2. The zero-order valence-corrected chi connectivity index (χ0v) is 21.1. The Hall–Kier alpha value is -2.80. The van der Waals surface area contributed by atoms with Gasteiger partial charge in [0, 0.05) is 11.0 Å². The van der Waals surface area contributed by atoms with E-state index in [0.717, 1.165) is 36.8 Å². The van der Waals surface area contributed by atoms with Crippen molar-refractivity contribution in [1.82, 2.24) is 0 Å². The second-order valence-corrected chi connectivity index (χ2v) is 10.0. The molecular weight excluding hydrogens is 438 g/mol. The maximum Gasteiger partial charge on any atom is 0.341 e. The first-order chi connectivity index (χ1) is 15.7. The summed E-state index contributed by atoms with van der Waals surface area (Å²) < 4.78 is 15.6. The standard InChI is InChI=1S/C26H33NO5S/c1-7-26(2,3)17-10-11-18-21(15-17)33-24(23(18)25(29)32-6)27-22(28)13-9-16-8-12-19(30-4)20(14-16)31-5/h8-9,12-14,17H,7,10-11,15H2,1-6H3,(H,27,28). The minimum Gasteiger partial charge on any atom is -0.493 e. The van der Waals surface area contributed by atoms with Gasteiger partial charge >= 0.3 is 5.97 Å². The Morgan fingerprint density at radius 1 is 1.18 bits per heavy atom. The zero-order chi connectivity index (χ0) is 24.2. The SMILES string of the molecule is CCC(C)(C)C1CCc2c(sc(NC(=O)C=Cc3ccc(OC)c(OC)c3)c2C(=O)OC)C1. The summed E-state index contributed by atoms with van der Waals surface area (Å²) in [6, 6.07) is 5.42. The van der Waals surface area contributed by atoms with Gasteiger partial charge in [0.15, 0.2) is 11.5 Å². The first-order valence-electron chi connectivity index (χ1n) is 11.2. The van der Waals surface area contributed by atoms with Gasteiger partial charge < -0.3 is 19.5 Å². The van der Waals surface area contributed by atoms with Crippen LogP contribution in [-0.2, 0) is 22.4 Å². The van der Waals surface area contributed by atoms with Crippen LogP contribution in [0.5, 0.6) is 11.5 Å². The van der Waals surface area contributed by atoms with Crippen molar-refractivity contribution >= 4 is 34.3 Å². The number of rotatable bonds is 8. The molecule has 1 N–H and O–H groups in total. The van der Waals surface area contributed by atoms with Gasteiger partial charge in [0.05, 0.1) is 26.9 Å². The smallest absolute Gasteiger partial charge is 0.341 e. The molecule has 0 saturated heterocycles. The normalized spacial score (nSPS) is 15.8. The average molecular weight is 472 g/mol. The topological polar surface area (TPSA) is 73.9 Å². The summed E-state index contributed by atoms with van der Waals surface area (Å²) in [6.45, 7) is 6.83. The molecule has 178 valence electrons. The number of ether oxygens (including phenoxy) is 3. The van der Waals surface area contributed by atoms with E-state index in [1.165, 1.54) is 29.4 Å². The molecule has 3 rings (SSSR count). The molecule has 1 aromatic heterocycles. The van der Waals surface area contributed by atoms with E-state index in [2.05, 4.69) is 26.1 Å². The van der Waals surface area contributed by atoms with Gasteiger partial charge in [0.1, 0.15) is 5.00 Å². The molecule has 0 radical (unpaired) electrons. The Bertz CT molecular complexity index is 1050. The highest BCUT2D eigenvalue weighted by molar-refractivity contribution is 7.17. The first kappa shape index (κ1) is 24.8. The molecule has 33 heavy (non-hydrogen) atoms. The Labute approximate surface area is 199 Å². The van der Waals surface area contributed by atoms with Crippen molar-refractivity contribution in [3.05, 3.63) is 45.8 Å². The van der Waals surface area contributed by atoms with E-state index in [9.17, 15) is 9.59 Å². The molecule has 0 spiro atoms. The number of amides is 1. The lowest BCUT2D eigenvalue weighted by molar-refractivity contribution is -0.111. The summed E-state index contributed by atoms with van der Waals surface area (Å²) in [7, 11) is 4.52. The third-order valence-corrected chi connectivity index (χ3v) is 7.91. The van der Waals surface area contributed by atoms with Crippen LogP contribution in [0.4, 0.5) is 5.00 Å². The molecule has 1 amide bonds. The van der Waals surface area contributed by atoms with Crippen LogP contribution in [0.3, 0.4) is 0 Å². The Kier molecular flexibility index (Phi) is 7.84. The molecule has 1 aliphatic carbocycles. The highest BCUT2D eigenvalue weighted by Gasteiger charge is 2.35. The van der Waals surface area contributed by atoms with E-state index < -0.39 is 5.97 Å². The van der Waals surface area contributed by atoms with Crippen molar-refractivity contribution < 1.29 is 23.8 Å².